The van der Waals surface area contributed by atoms with Gasteiger partial charge in [-0.05, 0) is 26.2 Å². The molecule has 0 heterocycles. The van der Waals surface area contributed by atoms with Crippen LogP contribution in [0.5, 0.6) is 0 Å². The van der Waals surface area contributed by atoms with E-state index in [9.17, 15) is 4.79 Å². The zero-order valence-electron chi connectivity index (χ0n) is 9.76. The number of hydrogen-bond acceptors (Lipinski definition) is 4. The Kier molecular flexibility index (Phi) is 10.5. The van der Waals surface area contributed by atoms with Gasteiger partial charge in [0.2, 0.25) is 0 Å². The van der Waals surface area contributed by atoms with Crippen LogP contribution in [0.2, 0.25) is 0 Å². The van der Waals surface area contributed by atoms with Crippen LogP contribution in [0.1, 0.15) is 26.2 Å². The summed E-state index contributed by atoms with van der Waals surface area (Å²) in [5.74, 6) is 0.282. The lowest BCUT2D eigenvalue weighted by molar-refractivity contribution is -0.139. The van der Waals surface area contributed by atoms with Crippen LogP contribution >= 0.6 is 11.6 Å². The van der Waals surface area contributed by atoms with Crippen LogP contribution < -0.4 is 5.48 Å². The molecular formula is C11H20ClNO3. The number of alkyl halides is 1. The Labute approximate surface area is 102 Å². The molecule has 16 heavy (non-hydrogen) atoms. The predicted octanol–water partition coefficient (Wildman–Crippen LogP) is 2.04. The summed E-state index contributed by atoms with van der Waals surface area (Å²) in [5, 5.41) is 0. The average molecular weight is 250 g/mol. The van der Waals surface area contributed by atoms with E-state index in [2.05, 4.69) is 12.1 Å². The number of carbonyl (C=O) groups is 1. The summed E-state index contributed by atoms with van der Waals surface area (Å²) in [7, 11) is 0. The Balaban J connectivity index is 3.10. The number of rotatable bonds is 10. The highest BCUT2D eigenvalue weighted by Crippen LogP contribution is 1.95. The SMILES string of the molecule is C=C(C)C(=O)OCCCCNOCCCCl. The van der Waals surface area contributed by atoms with Gasteiger partial charge in [0.15, 0.2) is 0 Å². The summed E-state index contributed by atoms with van der Waals surface area (Å²) in [6, 6.07) is 0. The first kappa shape index (κ1) is 15.4. The van der Waals surface area contributed by atoms with Crippen molar-refractivity contribution in [3.63, 3.8) is 0 Å². The molecule has 0 aromatic heterocycles. The number of esters is 1. The van der Waals surface area contributed by atoms with E-state index in [1.165, 1.54) is 0 Å². The topological polar surface area (TPSA) is 47.6 Å². The van der Waals surface area contributed by atoms with Crippen LogP contribution in [0.15, 0.2) is 12.2 Å². The van der Waals surface area contributed by atoms with Crippen molar-refractivity contribution in [2.24, 2.45) is 0 Å². The minimum atomic E-state index is -0.327. The fourth-order valence-corrected chi connectivity index (χ4v) is 0.967. The standard InChI is InChI=1S/C11H20ClNO3/c1-10(2)11(14)15-8-4-3-7-13-16-9-5-6-12/h13H,1,3-9H2,2H3. The molecule has 0 atom stereocenters. The molecule has 0 aliphatic heterocycles. The Hall–Kier alpha value is -0.580. The lowest BCUT2D eigenvalue weighted by Gasteiger charge is -2.05. The van der Waals surface area contributed by atoms with Crippen molar-refractivity contribution in [3.8, 4) is 0 Å². The minimum absolute atomic E-state index is 0.327. The van der Waals surface area contributed by atoms with Crippen molar-refractivity contribution in [2.45, 2.75) is 26.2 Å². The Bertz CT molecular complexity index is 209. The van der Waals surface area contributed by atoms with Crippen LogP contribution in [0.25, 0.3) is 0 Å². The second-order valence-electron chi connectivity index (χ2n) is 3.41. The molecule has 1 N–H and O–H groups in total. The van der Waals surface area contributed by atoms with Crippen molar-refractivity contribution < 1.29 is 14.4 Å². The Morgan fingerprint density at radius 1 is 1.31 bits per heavy atom. The molecule has 94 valence electrons. The average Bonchev–Trinajstić information content (AvgIpc) is 2.26. The van der Waals surface area contributed by atoms with Crippen LogP contribution in [-0.2, 0) is 14.4 Å². The summed E-state index contributed by atoms with van der Waals surface area (Å²) in [6.07, 6.45) is 2.54. The zero-order chi connectivity index (χ0) is 12.2. The van der Waals surface area contributed by atoms with Crippen LogP contribution in [-0.4, -0.2) is 31.6 Å². The maximum absolute atomic E-state index is 11.0. The number of hydrogen-bond donors (Lipinski definition) is 1. The second kappa shape index (κ2) is 10.9. The van der Waals surface area contributed by atoms with E-state index in [0.29, 0.717) is 24.7 Å². The predicted molar refractivity (Wildman–Crippen MR) is 64.3 cm³/mol. The quantitative estimate of drug-likeness (QED) is 0.212. The third-order valence-corrected chi connectivity index (χ3v) is 2.00. The molecule has 4 nitrogen and oxygen atoms in total. The zero-order valence-corrected chi connectivity index (χ0v) is 10.5. The summed E-state index contributed by atoms with van der Waals surface area (Å²) in [4.78, 5) is 16.1. The van der Waals surface area contributed by atoms with Gasteiger partial charge >= 0.3 is 5.97 Å². The number of halogens is 1. The van der Waals surface area contributed by atoms with Crippen molar-refractivity contribution in [3.05, 3.63) is 12.2 Å². The van der Waals surface area contributed by atoms with Crippen LogP contribution in [0.4, 0.5) is 0 Å². The first-order valence-electron chi connectivity index (χ1n) is 5.41. The van der Waals surface area contributed by atoms with Crippen LogP contribution in [0.3, 0.4) is 0 Å². The van der Waals surface area contributed by atoms with Gasteiger partial charge in [-0.2, -0.15) is 0 Å². The van der Waals surface area contributed by atoms with Crippen molar-refractivity contribution >= 4 is 17.6 Å². The molecule has 0 aromatic carbocycles. The van der Waals surface area contributed by atoms with Gasteiger partial charge in [0.05, 0.1) is 13.2 Å². The fourth-order valence-electron chi connectivity index (χ4n) is 0.858. The second-order valence-corrected chi connectivity index (χ2v) is 3.79. The van der Waals surface area contributed by atoms with Crippen molar-refractivity contribution in [2.75, 3.05) is 25.6 Å². The van der Waals surface area contributed by atoms with Gasteiger partial charge in [-0.1, -0.05) is 6.58 Å². The van der Waals surface area contributed by atoms with E-state index >= 15 is 0 Å². The summed E-state index contributed by atoms with van der Waals surface area (Å²) in [6.45, 7) is 6.92. The van der Waals surface area contributed by atoms with Gasteiger partial charge in [-0.25, -0.2) is 10.3 Å². The summed E-state index contributed by atoms with van der Waals surface area (Å²) < 4.78 is 4.92. The maximum atomic E-state index is 11.0. The third-order valence-electron chi connectivity index (χ3n) is 1.74. The van der Waals surface area contributed by atoms with E-state index in [1.54, 1.807) is 6.92 Å². The van der Waals surface area contributed by atoms with Gasteiger partial charge < -0.3 is 9.57 Å². The molecule has 0 rings (SSSR count). The molecule has 0 bridgehead atoms. The van der Waals surface area contributed by atoms with E-state index in [-0.39, 0.29) is 5.97 Å². The number of carbonyl (C=O) groups excluding carboxylic acids is 1. The molecule has 5 heteroatoms. The smallest absolute Gasteiger partial charge is 0.333 e. The fraction of sp³-hybridized carbons (Fsp3) is 0.727. The monoisotopic (exact) mass is 249 g/mol. The first-order valence-corrected chi connectivity index (χ1v) is 5.95. The van der Waals surface area contributed by atoms with Gasteiger partial charge in [0.25, 0.3) is 0 Å². The first-order chi connectivity index (χ1) is 7.68. The molecule has 0 spiro atoms. The Morgan fingerprint density at radius 3 is 2.69 bits per heavy atom. The highest BCUT2D eigenvalue weighted by Gasteiger charge is 2.01. The Morgan fingerprint density at radius 2 is 2.06 bits per heavy atom. The number of ether oxygens (including phenoxy) is 1. The number of hydroxylamine groups is 1. The third kappa shape index (κ3) is 9.96. The van der Waals surface area contributed by atoms with E-state index in [1.807, 2.05) is 0 Å². The molecule has 0 saturated heterocycles. The lowest BCUT2D eigenvalue weighted by atomic mass is 10.3. The molecule has 0 fully saturated rings. The van der Waals surface area contributed by atoms with Crippen molar-refractivity contribution in [1.29, 1.82) is 0 Å². The van der Waals surface area contributed by atoms with E-state index in [0.717, 1.165) is 25.8 Å². The summed E-state index contributed by atoms with van der Waals surface area (Å²) in [5.41, 5.74) is 3.25. The van der Waals surface area contributed by atoms with Crippen LogP contribution in [0, 0.1) is 0 Å². The lowest BCUT2D eigenvalue weighted by Crippen LogP contribution is -2.17. The summed E-state index contributed by atoms with van der Waals surface area (Å²) >= 11 is 5.47. The number of unbranched alkanes of at least 4 members (excludes halogenated alkanes) is 1. The normalized spacial score (nSPS) is 10.1. The molecule has 0 aliphatic rings. The molecule has 0 unspecified atom stereocenters. The van der Waals surface area contributed by atoms with E-state index in [4.69, 9.17) is 21.2 Å². The molecule has 0 aromatic rings. The highest BCUT2D eigenvalue weighted by atomic mass is 35.5. The molecule has 0 amide bonds. The van der Waals surface area contributed by atoms with Gasteiger partial charge in [-0.3, -0.25) is 0 Å². The van der Waals surface area contributed by atoms with Gasteiger partial charge in [-0.15, -0.1) is 11.6 Å². The molecule has 0 radical (unpaired) electrons. The minimum Gasteiger partial charge on any atom is -0.462 e. The molecular weight excluding hydrogens is 230 g/mol. The maximum Gasteiger partial charge on any atom is 0.333 e. The largest absolute Gasteiger partial charge is 0.462 e. The highest BCUT2D eigenvalue weighted by molar-refractivity contribution is 6.17. The van der Waals surface area contributed by atoms with E-state index < -0.39 is 0 Å². The number of nitrogens with one attached hydrogen (secondary N) is 1. The van der Waals surface area contributed by atoms with Gasteiger partial charge in [0, 0.05) is 18.0 Å². The van der Waals surface area contributed by atoms with Gasteiger partial charge in [0.1, 0.15) is 0 Å². The molecule has 0 saturated carbocycles. The molecule has 0 aliphatic carbocycles. The van der Waals surface area contributed by atoms with Crippen molar-refractivity contribution in [1.82, 2.24) is 5.48 Å².